The number of rotatable bonds is 3. The summed E-state index contributed by atoms with van der Waals surface area (Å²) < 4.78 is 0. The van der Waals surface area contributed by atoms with Crippen LogP contribution in [0.15, 0.2) is 12.2 Å². The van der Waals surface area contributed by atoms with Crippen molar-refractivity contribution >= 4 is 16.8 Å². The fourth-order valence-corrected chi connectivity index (χ4v) is 0.731. The molecule has 0 amide bonds. The lowest BCUT2D eigenvalue weighted by atomic mass is 10.3. The third kappa shape index (κ3) is 3.31. The van der Waals surface area contributed by atoms with Gasteiger partial charge in [-0.1, -0.05) is 12.2 Å². The number of carbonyl (C=O) groups excluding carboxylic acids is 1. The van der Waals surface area contributed by atoms with Crippen LogP contribution in [0.3, 0.4) is 0 Å². The predicted octanol–water partition coefficient (Wildman–Crippen LogP) is 2.11. The second-order valence-electron chi connectivity index (χ2n) is 2.32. The van der Waals surface area contributed by atoms with Gasteiger partial charge in [-0.05, 0) is 30.4 Å². The Morgan fingerprint density at radius 1 is 1.67 bits per heavy atom. The Morgan fingerprint density at radius 2 is 2.33 bits per heavy atom. The van der Waals surface area contributed by atoms with Gasteiger partial charge in [0.2, 0.25) is 5.24 Å². The van der Waals surface area contributed by atoms with Gasteiger partial charge < -0.3 is 0 Å². The highest BCUT2D eigenvalue weighted by molar-refractivity contribution is 6.63. The minimum absolute atomic E-state index is 0.271. The van der Waals surface area contributed by atoms with Crippen molar-refractivity contribution in [3.8, 4) is 0 Å². The quantitative estimate of drug-likeness (QED) is 0.438. The molecule has 0 unspecified atom stereocenters. The molecule has 0 atom stereocenters. The van der Waals surface area contributed by atoms with Crippen LogP contribution in [-0.4, -0.2) is 5.24 Å². The molecule has 0 heterocycles. The smallest absolute Gasteiger partial charge is 0.225 e. The Hall–Kier alpha value is -0.300. The molecular formula is C7H9ClO. The third-order valence-corrected chi connectivity index (χ3v) is 1.46. The van der Waals surface area contributed by atoms with Gasteiger partial charge in [0.25, 0.3) is 0 Å². The molecule has 0 aliphatic heterocycles. The lowest BCUT2D eigenvalue weighted by molar-refractivity contribution is -0.110. The van der Waals surface area contributed by atoms with Crippen LogP contribution in [0.2, 0.25) is 0 Å². The average Bonchev–Trinajstić information content (AvgIpc) is 2.48. The van der Waals surface area contributed by atoms with E-state index in [1.807, 2.05) is 6.08 Å². The molecule has 1 nitrogen and oxygen atoms in total. The molecule has 0 bridgehead atoms. The fraction of sp³-hybridized carbons (Fsp3) is 0.571. The maximum atomic E-state index is 10.2. The van der Waals surface area contributed by atoms with E-state index in [1.165, 1.54) is 12.8 Å². The first-order valence-corrected chi connectivity index (χ1v) is 3.52. The summed E-state index contributed by atoms with van der Waals surface area (Å²) in [4.78, 5) is 10.2. The van der Waals surface area contributed by atoms with E-state index in [4.69, 9.17) is 11.6 Å². The first-order chi connectivity index (χ1) is 4.29. The van der Waals surface area contributed by atoms with E-state index in [-0.39, 0.29) is 5.24 Å². The van der Waals surface area contributed by atoms with Crippen LogP contribution in [0.25, 0.3) is 0 Å². The molecule has 0 N–H and O–H groups in total. The number of halogens is 1. The van der Waals surface area contributed by atoms with E-state index < -0.39 is 0 Å². The van der Waals surface area contributed by atoms with E-state index in [1.54, 1.807) is 0 Å². The Bertz CT molecular complexity index is 136. The highest BCUT2D eigenvalue weighted by atomic mass is 35.5. The third-order valence-electron chi connectivity index (χ3n) is 1.31. The van der Waals surface area contributed by atoms with E-state index in [0.717, 1.165) is 5.92 Å². The minimum atomic E-state index is -0.271. The maximum absolute atomic E-state index is 10.2. The summed E-state index contributed by atoms with van der Waals surface area (Å²) in [7, 11) is 0. The van der Waals surface area contributed by atoms with Crippen LogP contribution in [0.5, 0.6) is 0 Å². The molecule has 0 saturated heterocycles. The number of hydrogen-bond donors (Lipinski definition) is 0. The maximum Gasteiger partial charge on any atom is 0.225 e. The molecule has 0 aromatic heterocycles. The van der Waals surface area contributed by atoms with Crippen molar-refractivity contribution in [1.82, 2.24) is 0 Å². The summed E-state index contributed by atoms with van der Waals surface area (Å²) in [6.07, 6.45) is 6.88. The van der Waals surface area contributed by atoms with Crippen molar-refractivity contribution in [2.45, 2.75) is 19.3 Å². The molecule has 1 aliphatic rings. The Morgan fingerprint density at radius 3 is 2.78 bits per heavy atom. The molecule has 0 aromatic carbocycles. The van der Waals surface area contributed by atoms with Crippen LogP contribution in [0.1, 0.15) is 19.3 Å². The standard InChI is InChI=1S/C7H9ClO/c8-7(9)3-1-2-6-4-5-6/h1-2,6H,3-5H2. The van der Waals surface area contributed by atoms with Crippen LogP contribution < -0.4 is 0 Å². The fourth-order valence-electron chi connectivity index (χ4n) is 0.642. The van der Waals surface area contributed by atoms with Crippen molar-refractivity contribution in [3.63, 3.8) is 0 Å². The lowest BCUT2D eigenvalue weighted by Gasteiger charge is -1.80. The van der Waals surface area contributed by atoms with E-state index in [0.29, 0.717) is 6.42 Å². The van der Waals surface area contributed by atoms with E-state index in [2.05, 4.69) is 6.08 Å². The molecule has 50 valence electrons. The summed E-state index contributed by atoms with van der Waals surface area (Å²) in [5, 5.41) is -0.271. The van der Waals surface area contributed by atoms with Gasteiger partial charge in [0.1, 0.15) is 0 Å². The number of allylic oxidation sites excluding steroid dienone is 2. The average molecular weight is 145 g/mol. The summed E-state index contributed by atoms with van der Waals surface area (Å²) in [6, 6.07) is 0. The van der Waals surface area contributed by atoms with E-state index in [9.17, 15) is 4.79 Å². The zero-order valence-corrected chi connectivity index (χ0v) is 5.90. The SMILES string of the molecule is O=C(Cl)CC=CC1CC1. The van der Waals surface area contributed by atoms with Crippen LogP contribution >= 0.6 is 11.6 Å². The van der Waals surface area contributed by atoms with Gasteiger partial charge in [-0.25, -0.2) is 0 Å². The Balaban J connectivity index is 2.08. The minimum Gasteiger partial charge on any atom is -0.281 e. The molecular weight excluding hydrogens is 136 g/mol. The molecule has 1 rings (SSSR count). The topological polar surface area (TPSA) is 17.1 Å². The normalized spacial score (nSPS) is 18.8. The second kappa shape index (κ2) is 3.02. The van der Waals surface area contributed by atoms with Crippen LogP contribution in [0.4, 0.5) is 0 Å². The summed E-state index contributed by atoms with van der Waals surface area (Å²) in [6.45, 7) is 0. The number of carbonyl (C=O) groups is 1. The van der Waals surface area contributed by atoms with Crippen LogP contribution in [-0.2, 0) is 4.79 Å². The number of hydrogen-bond acceptors (Lipinski definition) is 1. The van der Waals surface area contributed by atoms with Crippen molar-refractivity contribution in [3.05, 3.63) is 12.2 Å². The second-order valence-corrected chi connectivity index (χ2v) is 2.75. The van der Waals surface area contributed by atoms with E-state index >= 15 is 0 Å². The van der Waals surface area contributed by atoms with Gasteiger partial charge in [-0.2, -0.15) is 0 Å². The molecule has 0 spiro atoms. The highest BCUT2D eigenvalue weighted by Crippen LogP contribution is 2.30. The van der Waals surface area contributed by atoms with Gasteiger partial charge in [0.15, 0.2) is 0 Å². The van der Waals surface area contributed by atoms with Gasteiger partial charge in [0.05, 0.1) is 0 Å². The van der Waals surface area contributed by atoms with Gasteiger partial charge in [-0.15, -0.1) is 0 Å². The largest absolute Gasteiger partial charge is 0.281 e. The van der Waals surface area contributed by atoms with Gasteiger partial charge >= 0.3 is 0 Å². The van der Waals surface area contributed by atoms with Crippen molar-refractivity contribution in [2.75, 3.05) is 0 Å². The zero-order chi connectivity index (χ0) is 6.69. The molecule has 1 aliphatic carbocycles. The summed E-state index contributed by atoms with van der Waals surface area (Å²) >= 11 is 5.09. The molecule has 0 aromatic rings. The lowest BCUT2D eigenvalue weighted by Crippen LogP contribution is -1.79. The summed E-state index contributed by atoms with van der Waals surface area (Å²) in [5.74, 6) is 0.751. The highest BCUT2D eigenvalue weighted by Gasteiger charge is 2.16. The first kappa shape index (κ1) is 6.81. The molecule has 9 heavy (non-hydrogen) atoms. The van der Waals surface area contributed by atoms with Crippen LogP contribution in [0, 0.1) is 5.92 Å². The van der Waals surface area contributed by atoms with Gasteiger partial charge in [0, 0.05) is 6.42 Å². The van der Waals surface area contributed by atoms with Crippen molar-refractivity contribution < 1.29 is 4.79 Å². The monoisotopic (exact) mass is 144 g/mol. The first-order valence-electron chi connectivity index (χ1n) is 3.14. The molecule has 2 heteroatoms. The molecule has 0 radical (unpaired) electrons. The molecule has 1 fully saturated rings. The molecule has 1 saturated carbocycles. The zero-order valence-electron chi connectivity index (χ0n) is 5.14. The summed E-state index contributed by atoms with van der Waals surface area (Å²) in [5.41, 5.74) is 0. The Kier molecular flexibility index (Phi) is 2.29. The Labute approximate surface area is 59.7 Å². The van der Waals surface area contributed by atoms with Crippen molar-refractivity contribution in [2.24, 2.45) is 5.92 Å². The van der Waals surface area contributed by atoms with Crippen molar-refractivity contribution in [1.29, 1.82) is 0 Å². The predicted molar refractivity (Wildman–Crippen MR) is 37.3 cm³/mol. The van der Waals surface area contributed by atoms with Gasteiger partial charge in [-0.3, -0.25) is 4.79 Å².